The normalized spacial score (nSPS) is 10.4. The van der Waals surface area contributed by atoms with Crippen molar-refractivity contribution in [2.45, 2.75) is 42.3 Å². The first-order valence-electron chi connectivity index (χ1n) is 39.0. The van der Waals surface area contributed by atoms with Crippen LogP contribution in [0.15, 0.2) is 255 Å². The van der Waals surface area contributed by atoms with Crippen LogP contribution >= 0.6 is 236 Å². The summed E-state index contributed by atoms with van der Waals surface area (Å²) >= 11 is 29.8. The molecule has 724 valence electrons. The third-order valence-corrected chi connectivity index (χ3v) is 25.6. The lowest BCUT2D eigenvalue weighted by molar-refractivity contribution is -0.168. The van der Waals surface area contributed by atoms with Gasteiger partial charge in [0, 0.05) is 151 Å². The molecule has 0 aliphatic rings. The van der Waals surface area contributed by atoms with Gasteiger partial charge in [0.1, 0.15) is 62.2 Å². The molecule has 138 heavy (non-hydrogen) atoms. The molecule has 0 unspecified atom stereocenters. The second-order valence-corrected chi connectivity index (χ2v) is 42.5. The summed E-state index contributed by atoms with van der Waals surface area (Å²) in [4.78, 5) is 92.2. The number of ketones is 1. The zero-order valence-corrected chi connectivity index (χ0v) is 94.8. The van der Waals surface area contributed by atoms with Gasteiger partial charge in [0.25, 0.3) is 11.7 Å². The van der Waals surface area contributed by atoms with Gasteiger partial charge in [-0.25, -0.2) is 44.5 Å². The molecule has 0 atom stereocenters. The SMILES string of the molecule is COC(=O)c1cn(C)c(-c2ccc(I)cc2)n1.Cn1cc(CN)nc1-c1ccc(I)cc1.Cn1cc(CN=[N+]=[N-])nc1-c1ccc(I)cc1.Cn1cc(CNC(=O)c2ccc(Cl)s2)nc1-c1ccc(I)cc1.Cn1cc(CO)nc1-c1ccc(I)cc1.FC(F)(F)c1cnc(-c2ccc(I)cc2)[nH]1.N.O.O=C(C(Br)Br)C(F)(F)F.O=C(O)c1cnc(-c2ccc(I)cc2)[nH]1.O=Cc1ccc(I)cc1. The molecule has 0 saturated heterocycles. The van der Waals surface area contributed by atoms with Crippen molar-refractivity contribution in [1.82, 2.24) is 79.2 Å². The van der Waals surface area contributed by atoms with Crippen molar-refractivity contribution in [3.8, 4) is 79.7 Å². The molecular weight excluding hydrogens is 2870 g/mol. The number of nitrogens with two attached hydrogens (primary N) is 1. The number of Topliss-reactive ketones (excluding diaryl/α,β-unsaturated/α-hetero) is 1. The van der Waals surface area contributed by atoms with Crippen molar-refractivity contribution in [1.29, 1.82) is 0 Å². The van der Waals surface area contributed by atoms with E-state index in [-0.39, 0.29) is 42.2 Å². The number of aromatic nitrogens is 14. The number of aromatic amines is 2. The average Bonchev–Trinajstić information content (AvgIpc) is 1.67. The van der Waals surface area contributed by atoms with Crippen LogP contribution < -0.4 is 17.2 Å². The number of carbonyl (C=O) groups excluding carboxylic acids is 4. The van der Waals surface area contributed by atoms with E-state index >= 15 is 0 Å². The number of alkyl halides is 8. The molecule has 0 radical (unpaired) electrons. The lowest BCUT2D eigenvalue weighted by Crippen LogP contribution is -2.27. The van der Waals surface area contributed by atoms with Gasteiger partial charge in [0.2, 0.25) is 0 Å². The molecule has 8 aromatic carbocycles. The number of hydrogen-bond donors (Lipinski definition) is 7. The van der Waals surface area contributed by atoms with Gasteiger partial charge in [-0.05, 0) is 295 Å². The predicted octanol–water partition coefficient (Wildman–Crippen LogP) is 24.4. The molecule has 47 heteroatoms. The fourth-order valence-corrected chi connectivity index (χ4v) is 15.7. The molecule has 8 heterocycles. The highest BCUT2D eigenvalue weighted by atomic mass is 127. The molecule has 0 fully saturated rings. The molecule has 0 saturated carbocycles. The first kappa shape index (κ1) is 118. The summed E-state index contributed by atoms with van der Waals surface area (Å²) in [7, 11) is 11.0. The van der Waals surface area contributed by atoms with Crippen molar-refractivity contribution in [2.75, 3.05) is 7.11 Å². The van der Waals surface area contributed by atoms with Crippen LogP contribution in [0, 0.1) is 28.6 Å². The maximum Gasteiger partial charge on any atom is 0.452 e. The van der Waals surface area contributed by atoms with E-state index in [9.17, 15) is 50.3 Å². The largest absolute Gasteiger partial charge is 0.477 e. The average molecular weight is 2960 g/mol. The van der Waals surface area contributed by atoms with Gasteiger partial charge < -0.3 is 70.4 Å². The van der Waals surface area contributed by atoms with Gasteiger partial charge in [0.15, 0.2) is 5.69 Å². The monoisotopic (exact) mass is 2950 g/mol. The number of azide groups is 1. The number of aliphatic hydroxyl groups excluding tert-OH is 1. The number of amides is 1. The van der Waals surface area contributed by atoms with Crippen LogP contribution in [0.2, 0.25) is 4.34 Å². The Bertz CT molecular complexity index is 6580. The second-order valence-electron chi connectivity index (χ2n) is 27.7. The van der Waals surface area contributed by atoms with E-state index < -0.39 is 39.5 Å². The Kier molecular flexibility index (Phi) is 49.8. The van der Waals surface area contributed by atoms with Gasteiger partial charge in [-0.15, -0.1) is 11.3 Å². The number of hydrogen-bond acceptors (Lipinski definition) is 18. The number of aryl methyl sites for hydroxylation is 5. The highest BCUT2D eigenvalue weighted by Crippen LogP contribution is 2.32. The minimum Gasteiger partial charge on any atom is -0.477 e. The molecule has 29 nitrogen and oxygen atoms in total. The maximum absolute atomic E-state index is 12.3. The number of thiophene rings is 1. The highest BCUT2D eigenvalue weighted by Gasteiger charge is 2.41. The number of ether oxygens (including phenoxy) is 1. The van der Waals surface area contributed by atoms with Crippen LogP contribution in [0.3, 0.4) is 0 Å². The van der Waals surface area contributed by atoms with Crippen molar-refractivity contribution in [2.24, 2.45) is 46.1 Å². The van der Waals surface area contributed by atoms with Crippen molar-refractivity contribution < 1.29 is 70.7 Å². The zero-order valence-electron chi connectivity index (χ0n) is 72.8. The predicted molar refractivity (Wildman–Crippen MR) is 597 cm³/mol. The summed E-state index contributed by atoms with van der Waals surface area (Å²) in [5.41, 5.74) is 24.2. The molecule has 0 aliphatic carbocycles. The molecule has 0 spiro atoms. The van der Waals surface area contributed by atoms with E-state index in [1.807, 2.05) is 228 Å². The fraction of sp³-hybridized carbons (Fsp3) is 0.143. The molecule has 1 amide bonds. The van der Waals surface area contributed by atoms with Crippen LogP contribution in [-0.4, -0.2) is 130 Å². The highest BCUT2D eigenvalue weighted by molar-refractivity contribution is 14.1. The number of benzene rings is 8. The van der Waals surface area contributed by atoms with Gasteiger partial charge >= 0.3 is 24.3 Å². The first-order chi connectivity index (χ1) is 64.6. The fourth-order valence-electron chi connectivity index (χ4n) is 11.3. The Morgan fingerprint density at radius 1 is 0.529 bits per heavy atom. The third-order valence-electron chi connectivity index (χ3n) is 17.8. The second kappa shape index (κ2) is 58.2. The van der Waals surface area contributed by atoms with Crippen molar-refractivity contribution in [3.63, 3.8) is 0 Å². The van der Waals surface area contributed by atoms with Crippen LogP contribution in [-0.2, 0) is 77.2 Å². The number of imidazole rings is 7. The number of H-pyrrole nitrogens is 2. The number of carbonyl (C=O) groups is 5. The Hall–Kier alpha value is -8.50. The summed E-state index contributed by atoms with van der Waals surface area (Å²) in [5.74, 6) is 1.77. The molecule has 16 rings (SSSR count). The Labute approximate surface area is 922 Å². The Balaban J connectivity index is 0.000000240. The smallest absolute Gasteiger partial charge is 0.452 e. The molecule has 16 aromatic rings. The number of carboxylic acid groups (broad SMARTS) is 1. The number of halogens is 17. The molecule has 8 aromatic heterocycles. The van der Waals surface area contributed by atoms with E-state index in [0.29, 0.717) is 45.1 Å². The quantitative estimate of drug-likeness (QED) is 0.00613. The lowest BCUT2D eigenvalue weighted by Gasteiger charge is -2.03. The topological polar surface area (TPSA) is 435 Å². The summed E-state index contributed by atoms with van der Waals surface area (Å²) in [6.45, 7) is 1.14. The standard InChI is InChI=1S/C16H13ClIN3OS.C12H11IN2O2.C11H10IN5.C11H12IN3.C11H11IN2O.C10H6F3IN2.C10H7IN2O2.C7H5IO.C3HBr2F3O.H3N.H2O/c1-21-9-12(8-19-16(22)13-6-7-14(17)23-13)20-15(21)10-2-4-11(18)5-3-10;1-15-7-10(12(16)17-2)14-11(15)8-3-5-9(13)6-4-8;1-17-7-10(6-14-16-13)15-11(17)8-2-4-9(12)5-3-8;1-15-7-10(6-13)14-11(15)8-2-4-9(12)5-3-8;1-14-6-10(7-15)13-11(14)8-2-4-9(12)5-3-8;11-10(12,13)8-5-15-9(16-8)6-1-3-7(14)4-2-6;11-7-3-1-6(2-4-7)9-12-5-8(13-9)10(14)15;8-7-3-1-6(5-9)2-4-7;4-2(5)1(9)3(6,7)8;;/h2-7,9H,8H2,1H3,(H,19,22);3-7H,1-2H3;2-5,7H,6H2,1H3;2-5,7H,6,13H2,1H3;2-6,15H,7H2,1H3;1-5H,(H,15,16);1-5H,(H,12,13)(H,14,15);1-5H;2H;1H3;1H2. The summed E-state index contributed by atoms with van der Waals surface area (Å²) in [5, 5.41) is 24.1. The number of rotatable bonds is 18. The molecule has 0 aliphatic heterocycles. The number of aromatic carboxylic acids is 1. The number of aliphatic hydroxyl groups is 1. The number of nitrogens with one attached hydrogen (secondary N) is 3. The maximum atomic E-state index is 12.3. The third kappa shape index (κ3) is 38.1. The summed E-state index contributed by atoms with van der Waals surface area (Å²) < 4.78 is 93.6. The number of methoxy groups -OCH3 is 1. The van der Waals surface area contributed by atoms with E-state index in [2.05, 4.69) is 302 Å². The van der Waals surface area contributed by atoms with Crippen LogP contribution in [0.5, 0.6) is 0 Å². The summed E-state index contributed by atoms with van der Waals surface area (Å²) in [6, 6.07) is 66.3. The number of carboxylic acids is 1. The van der Waals surface area contributed by atoms with Crippen molar-refractivity contribution in [3.05, 3.63) is 343 Å². The van der Waals surface area contributed by atoms with Crippen LogP contribution in [0.1, 0.15) is 69.5 Å². The number of esters is 1. The van der Waals surface area contributed by atoms with E-state index in [4.69, 9.17) is 33.1 Å². The minimum absolute atomic E-state index is 0. The van der Waals surface area contributed by atoms with E-state index in [1.165, 1.54) is 38.9 Å². The minimum atomic E-state index is -4.75. The van der Waals surface area contributed by atoms with E-state index in [0.717, 1.165) is 112 Å². The van der Waals surface area contributed by atoms with E-state index in [1.54, 1.807) is 42.6 Å². The van der Waals surface area contributed by atoms with Crippen LogP contribution in [0.25, 0.3) is 90.2 Å². The Morgan fingerprint density at radius 3 is 1.18 bits per heavy atom. The Morgan fingerprint density at radius 2 is 0.870 bits per heavy atom. The first-order valence-corrected chi connectivity index (χ1v) is 50.6. The number of aldehydes is 1. The van der Waals surface area contributed by atoms with Crippen molar-refractivity contribution >= 4 is 265 Å². The van der Waals surface area contributed by atoms with Gasteiger partial charge in [0.05, 0.1) is 71.2 Å². The summed E-state index contributed by atoms with van der Waals surface area (Å²) in [6.07, 6.45) is 3.10. The zero-order chi connectivity index (χ0) is 99.7. The van der Waals surface area contributed by atoms with Crippen LogP contribution in [0.4, 0.5) is 26.3 Å². The van der Waals surface area contributed by atoms with Gasteiger partial charge in [-0.2, -0.15) is 26.3 Å². The molecular formula is C91H81Br2ClF6I8N20O9S. The molecule has 0 bridgehead atoms. The molecule has 12 N–H and O–H groups in total. The van der Waals surface area contributed by atoms with Gasteiger partial charge in [-0.1, -0.05) is 146 Å². The number of nitrogens with zero attached hydrogens (tertiary/aromatic N) is 15. The lowest BCUT2D eigenvalue weighted by atomic mass is 10.2. The van der Waals surface area contributed by atoms with Gasteiger partial charge in [-0.3, -0.25) is 14.4 Å².